The number of hydrogen-bond donors (Lipinski definition) is 1. The van der Waals surface area contributed by atoms with Gasteiger partial charge in [-0.2, -0.15) is 5.26 Å². The maximum atomic E-state index is 12.8. The van der Waals surface area contributed by atoms with Crippen molar-refractivity contribution in [3.05, 3.63) is 0 Å². The number of nitrogens with two attached hydrogens (primary N) is 1. The van der Waals surface area contributed by atoms with Gasteiger partial charge in [0.05, 0.1) is 18.7 Å². The van der Waals surface area contributed by atoms with Crippen LogP contribution in [0.2, 0.25) is 0 Å². The number of carbonyl (C=O) groups excluding carboxylic acids is 1. The van der Waals surface area contributed by atoms with Crippen LogP contribution in [0.15, 0.2) is 0 Å². The molecule has 2 atom stereocenters. The smallest absolute Gasteiger partial charge is 0.298 e. The topological polar surface area (TPSA) is 70.1 Å². The molecular weight excluding hydrogens is 204 g/mol. The Balaban J connectivity index is 2.70. The van der Waals surface area contributed by atoms with Gasteiger partial charge in [0.25, 0.3) is 5.92 Å². The zero-order valence-electron chi connectivity index (χ0n) is 8.58. The van der Waals surface area contributed by atoms with E-state index >= 15 is 0 Å². The van der Waals surface area contributed by atoms with Gasteiger partial charge in [-0.15, -0.1) is 0 Å². The first kappa shape index (κ1) is 11.9. The van der Waals surface area contributed by atoms with Crippen LogP contribution in [0.3, 0.4) is 0 Å². The molecule has 1 aliphatic rings. The van der Waals surface area contributed by atoms with Crippen molar-refractivity contribution in [2.24, 2.45) is 11.7 Å². The van der Waals surface area contributed by atoms with E-state index in [0.717, 1.165) is 4.90 Å². The molecule has 1 unspecified atom stereocenters. The number of hydrogen-bond acceptors (Lipinski definition) is 3. The molecule has 1 rings (SSSR count). The van der Waals surface area contributed by atoms with Gasteiger partial charge in [0.1, 0.15) is 0 Å². The van der Waals surface area contributed by atoms with Crippen molar-refractivity contribution in [1.29, 1.82) is 5.26 Å². The van der Waals surface area contributed by atoms with Crippen molar-refractivity contribution in [3.8, 4) is 6.07 Å². The van der Waals surface area contributed by atoms with Crippen LogP contribution in [-0.2, 0) is 4.79 Å². The molecule has 1 aliphatic heterocycles. The second kappa shape index (κ2) is 3.74. The van der Waals surface area contributed by atoms with Gasteiger partial charge in [0, 0.05) is 0 Å². The van der Waals surface area contributed by atoms with Gasteiger partial charge in [-0.3, -0.25) is 4.79 Å². The van der Waals surface area contributed by atoms with Gasteiger partial charge in [0.15, 0.2) is 6.04 Å². The van der Waals surface area contributed by atoms with E-state index in [0.29, 0.717) is 0 Å². The van der Waals surface area contributed by atoms with Crippen molar-refractivity contribution in [3.63, 3.8) is 0 Å². The first-order valence-electron chi connectivity index (χ1n) is 4.64. The van der Waals surface area contributed by atoms with Crippen LogP contribution in [0.4, 0.5) is 8.78 Å². The molecule has 0 aromatic heterocycles. The third-order valence-electron chi connectivity index (χ3n) is 2.50. The number of nitrogens with zero attached hydrogens (tertiary/aromatic N) is 2. The van der Waals surface area contributed by atoms with Crippen LogP contribution < -0.4 is 5.73 Å². The van der Waals surface area contributed by atoms with Gasteiger partial charge in [-0.1, -0.05) is 13.8 Å². The molecule has 0 radical (unpaired) electrons. The van der Waals surface area contributed by atoms with E-state index in [1.54, 1.807) is 13.8 Å². The summed E-state index contributed by atoms with van der Waals surface area (Å²) in [6, 6.07) is -1.06. The summed E-state index contributed by atoms with van der Waals surface area (Å²) >= 11 is 0. The fraction of sp³-hybridized carbons (Fsp3) is 0.778. The largest absolute Gasteiger partial charge is 0.320 e. The molecular formula is C9H13F2N3O. The minimum atomic E-state index is -3.10. The Labute approximate surface area is 86.6 Å². The van der Waals surface area contributed by atoms with E-state index < -0.39 is 30.5 Å². The van der Waals surface area contributed by atoms with Gasteiger partial charge < -0.3 is 10.6 Å². The van der Waals surface area contributed by atoms with Gasteiger partial charge in [-0.25, -0.2) is 8.78 Å². The average Bonchev–Trinajstić information content (AvgIpc) is 2.12. The monoisotopic (exact) mass is 217 g/mol. The normalized spacial score (nSPS) is 25.7. The third-order valence-corrected chi connectivity index (χ3v) is 2.50. The average molecular weight is 217 g/mol. The number of likely N-dealkylation sites (tertiary alicyclic amines) is 1. The van der Waals surface area contributed by atoms with E-state index in [-0.39, 0.29) is 5.92 Å². The highest BCUT2D eigenvalue weighted by Crippen LogP contribution is 2.34. The Morgan fingerprint density at radius 2 is 2.20 bits per heavy atom. The standard InChI is InChI=1S/C9H13F2N3O/c1-5(2)7(13)8(15)14-4-9(10,11)6(14)3-12/h5-7H,4,13H2,1-2H3/t6?,7-/m0/s1. The van der Waals surface area contributed by atoms with E-state index in [4.69, 9.17) is 11.0 Å². The maximum Gasteiger partial charge on any atom is 0.298 e. The molecule has 1 fully saturated rings. The Morgan fingerprint density at radius 1 is 1.67 bits per heavy atom. The van der Waals surface area contributed by atoms with Crippen LogP contribution in [-0.4, -0.2) is 35.4 Å². The molecule has 0 aromatic rings. The van der Waals surface area contributed by atoms with Crippen molar-refractivity contribution in [2.75, 3.05) is 6.54 Å². The first-order valence-corrected chi connectivity index (χ1v) is 4.64. The second-order valence-corrected chi connectivity index (χ2v) is 4.03. The number of alkyl halides is 2. The van der Waals surface area contributed by atoms with Crippen LogP contribution in [0.5, 0.6) is 0 Å². The summed E-state index contributed by atoms with van der Waals surface area (Å²) in [6.07, 6.45) is 0. The molecule has 15 heavy (non-hydrogen) atoms. The number of halogens is 2. The Morgan fingerprint density at radius 3 is 2.53 bits per heavy atom. The highest BCUT2D eigenvalue weighted by Gasteiger charge is 2.57. The molecule has 1 heterocycles. The minimum absolute atomic E-state index is 0.133. The highest BCUT2D eigenvalue weighted by atomic mass is 19.3. The Kier molecular flexibility index (Phi) is 2.95. The highest BCUT2D eigenvalue weighted by molar-refractivity contribution is 5.83. The molecule has 0 aromatic carbocycles. The van der Waals surface area contributed by atoms with E-state index in [1.165, 1.54) is 6.07 Å². The van der Waals surface area contributed by atoms with Crippen molar-refractivity contribution in [1.82, 2.24) is 4.90 Å². The van der Waals surface area contributed by atoms with Crippen LogP contribution in [0, 0.1) is 17.2 Å². The van der Waals surface area contributed by atoms with E-state index in [9.17, 15) is 13.6 Å². The summed E-state index contributed by atoms with van der Waals surface area (Å²) in [5.41, 5.74) is 5.53. The predicted molar refractivity (Wildman–Crippen MR) is 48.9 cm³/mol. The molecule has 0 spiro atoms. The quantitative estimate of drug-likeness (QED) is 0.725. The fourth-order valence-electron chi connectivity index (χ4n) is 1.37. The molecule has 0 aliphatic carbocycles. The predicted octanol–water partition coefficient (Wildman–Crippen LogP) is 0.339. The lowest BCUT2D eigenvalue weighted by Crippen LogP contribution is -2.68. The van der Waals surface area contributed by atoms with Gasteiger partial charge in [-0.05, 0) is 5.92 Å². The number of rotatable bonds is 2. The summed E-state index contributed by atoms with van der Waals surface area (Å²) in [7, 11) is 0. The van der Waals surface area contributed by atoms with E-state index in [2.05, 4.69) is 0 Å². The summed E-state index contributed by atoms with van der Waals surface area (Å²) in [5.74, 6) is -3.81. The van der Waals surface area contributed by atoms with Crippen LogP contribution in [0.1, 0.15) is 13.8 Å². The second-order valence-electron chi connectivity index (χ2n) is 4.03. The van der Waals surface area contributed by atoms with Crippen molar-refractivity contribution in [2.45, 2.75) is 31.9 Å². The van der Waals surface area contributed by atoms with E-state index in [1.807, 2.05) is 0 Å². The van der Waals surface area contributed by atoms with Crippen LogP contribution >= 0.6 is 0 Å². The minimum Gasteiger partial charge on any atom is -0.320 e. The molecule has 2 N–H and O–H groups in total. The fourth-order valence-corrected chi connectivity index (χ4v) is 1.37. The lowest BCUT2D eigenvalue weighted by atomic mass is 9.95. The number of nitriles is 1. The molecule has 1 amide bonds. The summed E-state index contributed by atoms with van der Waals surface area (Å²) < 4.78 is 25.6. The molecule has 0 saturated carbocycles. The van der Waals surface area contributed by atoms with Crippen LogP contribution in [0.25, 0.3) is 0 Å². The Hall–Kier alpha value is -1.22. The number of amides is 1. The van der Waals surface area contributed by atoms with Crippen molar-refractivity contribution < 1.29 is 13.6 Å². The molecule has 0 bridgehead atoms. The molecule has 4 nitrogen and oxygen atoms in total. The van der Waals surface area contributed by atoms with Gasteiger partial charge >= 0.3 is 0 Å². The first-order chi connectivity index (χ1) is 6.81. The lowest BCUT2D eigenvalue weighted by molar-refractivity contribution is -0.183. The SMILES string of the molecule is CC(C)[C@H](N)C(=O)N1CC(F)(F)C1C#N. The summed E-state index contributed by atoms with van der Waals surface area (Å²) in [4.78, 5) is 12.4. The summed E-state index contributed by atoms with van der Waals surface area (Å²) in [6.45, 7) is 2.74. The lowest BCUT2D eigenvalue weighted by Gasteiger charge is -2.44. The zero-order chi connectivity index (χ0) is 11.8. The van der Waals surface area contributed by atoms with Crippen molar-refractivity contribution >= 4 is 5.91 Å². The third kappa shape index (κ3) is 1.92. The molecule has 84 valence electrons. The molecule has 1 saturated heterocycles. The van der Waals surface area contributed by atoms with Gasteiger partial charge in [0.2, 0.25) is 5.91 Å². The maximum absolute atomic E-state index is 12.8. The zero-order valence-corrected chi connectivity index (χ0v) is 8.58. The Bertz CT molecular complexity index is 311. The number of carbonyl (C=O) groups is 1. The molecule has 6 heteroatoms. The summed E-state index contributed by atoms with van der Waals surface area (Å²) in [5, 5.41) is 8.50.